The lowest BCUT2D eigenvalue weighted by molar-refractivity contribution is 0.0935. The summed E-state index contributed by atoms with van der Waals surface area (Å²) in [6.45, 7) is 5.91. The summed E-state index contributed by atoms with van der Waals surface area (Å²) < 4.78 is 0. The number of hydrogen-bond acceptors (Lipinski definition) is 5. The highest BCUT2D eigenvalue weighted by molar-refractivity contribution is 7.98. The van der Waals surface area contributed by atoms with Gasteiger partial charge in [-0.1, -0.05) is 30.3 Å². The van der Waals surface area contributed by atoms with E-state index < -0.39 is 0 Å². The van der Waals surface area contributed by atoms with Gasteiger partial charge in [0.15, 0.2) is 5.82 Å². The minimum absolute atomic E-state index is 0.0882. The Kier molecular flexibility index (Phi) is 5.74. The van der Waals surface area contributed by atoms with Gasteiger partial charge in [-0.15, -0.1) is 23.1 Å². The van der Waals surface area contributed by atoms with Crippen molar-refractivity contribution in [3.63, 3.8) is 0 Å². The van der Waals surface area contributed by atoms with E-state index in [1.807, 2.05) is 55.8 Å². The van der Waals surface area contributed by atoms with E-state index in [2.05, 4.69) is 28.3 Å². The minimum atomic E-state index is -0.139. The van der Waals surface area contributed by atoms with Crippen molar-refractivity contribution in [3.05, 3.63) is 64.2 Å². The number of carbonyl (C=O) groups excluding carboxylic acids is 1. The SMILES string of the molecule is CSc1nc(-c2cccs2)nc(C)c1C(=O)NC(C)c1ccccc1C. The Morgan fingerprint density at radius 1 is 1.15 bits per heavy atom. The van der Waals surface area contributed by atoms with Gasteiger partial charge in [0.1, 0.15) is 5.03 Å². The summed E-state index contributed by atoms with van der Waals surface area (Å²) in [4.78, 5) is 23.1. The molecule has 1 unspecified atom stereocenters. The van der Waals surface area contributed by atoms with Crippen LogP contribution in [0.5, 0.6) is 0 Å². The fourth-order valence-corrected chi connectivity index (χ4v) is 4.17. The molecule has 3 rings (SSSR count). The predicted molar refractivity (Wildman–Crippen MR) is 109 cm³/mol. The molecule has 0 fully saturated rings. The average molecular weight is 384 g/mol. The average Bonchev–Trinajstić information content (AvgIpc) is 3.15. The monoisotopic (exact) mass is 383 g/mol. The van der Waals surface area contributed by atoms with E-state index in [0.29, 0.717) is 22.1 Å². The predicted octanol–water partition coefficient (Wildman–Crippen LogP) is 5.03. The number of aromatic nitrogens is 2. The van der Waals surface area contributed by atoms with Crippen LogP contribution in [0.4, 0.5) is 0 Å². The molecule has 0 bridgehead atoms. The van der Waals surface area contributed by atoms with Crippen molar-refractivity contribution in [3.8, 4) is 10.7 Å². The second-order valence-electron chi connectivity index (χ2n) is 6.05. The highest BCUT2D eigenvalue weighted by Gasteiger charge is 2.21. The van der Waals surface area contributed by atoms with E-state index in [4.69, 9.17) is 0 Å². The number of carbonyl (C=O) groups is 1. The van der Waals surface area contributed by atoms with E-state index in [1.54, 1.807) is 11.3 Å². The summed E-state index contributed by atoms with van der Waals surface area (Å²) >= 11 is 3.06. The van der Waals surface area contributed by atoms with Gasteiger partial charge in [-0.3, -0.25) is 4.79 Å². The molecule has 1 aromatic carbocycles. The maximum Gasteiger partial charge on any atom is 0.256 e. The molecule has 4 nitrogen and oxygen atoms in total. The first-order valence-electron chi connectivity index (χ1n) is 8.34. The summed E-state index contributed by atoms with van der Waals surface area (Å²) in [5, 5.41) is 5.79. The van der Waals surface area contributed by atoms with Crippen LogP contribution >= 0.6 is 23.1 Å². The quantitative estimate of drug-likeness (QED) is 0.496. The smallest absolute Gasteiger partial charge is 0.256 e. The number of aryl methyl sites for hydroxylation is 2. The highest BCUT2D eigenvalue weighted by atomic mass is 32.2. The number of rotatable bonds is 5. The number of amides is 1. The Morgan fingerprint density at radius 3 is 2.58 bits per heavy atom. The second kappa shape index (κ2) is 8.01. The van der Waals surface area contributed by atoms with Gasteiger partial charge < -0.3 is 5.32 Å². The van der Waals surface area contributed by atoms with Gasteiger partial charge >= 0.3 is 0 Å². The van der Waals surface area contributed by atoms with Gasteiger partial charge in [-0.05, 0) is 49.6 Å². The molecule has 2 heterocycles. The highest BCUT2D eigenvalue weighted by Crippen LogP contribution is 2.28. The summed E-state index contributed by atoms with van der Waals surface area (Å²) in [6.07, 6.45) is 1.93. The van der Waals surface area contributed by atoms with Gasteiger partial charge in [0.25, 0.3) is 5.91 Å². The second-order valence-corrected chi connectivity index (χ2v) is 7.79. The van der Waals surface area contributed by atoms with E-state index in [9.17, 15) is 4.79 Å². The maximum atomic E-state index is 12.9. The molecule has 1 N–H and O–H groups in total. The zero-order chi connectivity index (χ0) is 18.7. The first-order valence-corrected chi connectivity index (χ1v) is 10.4. The molecular formula is C20H21N3OS2. The van der Waals surface area contributed by atoms with Crippen molar-refractivity contribution in [2.45, 2.75) is 31.8 Å². The third kappa shape index (κ3) is 3.81. The Hall–Kier alpha value is -2.18. The van der Waals surface area contributed by atoms with Crippen molar-refractivity contribution >= 4 is 29.0 Å². The van der Waals surface area contributed by atoms with Crippen molar-refractivity contribution in [1.82, 2.24) is 15.3 Å². The first-order chi connectivity index (χ1) is 12.5. The fraction of sp³-hybridized carbons (Fsp3) is 0.250. The molecular weight excluding hydrogens is 362 g/mol. The van der Waals surface area contributed by atoms with Crippen LogP contribution < -0.4 is 5.32 Å². The van der Waals surface area contributed by atoms with Crippen molar-refractivity contribution in [1.29, 1.82) is 0 Å². The van der Waals surface area contributed by atoms with E-state index >= 15 is 0 Å². The lowest BCUT2D eigenvalue weighted by Gasteiger charge is -2.18. The van der Waals surface area contributed by atoms with Gasteiger partial charge in [-0.25, -0.2) is 9.97 Å². The lowest BCUT2D eigenvalue weighted by atomic mass is 10.0. The molecule has 3 aromatic rings. The molecule has 0 spiro atoms. The summed E-state index contributed by atoms with van der Waals surface area (Å²) in [5.41, 5.74) is 3.52. The Labute approximate surface area is 162 Å². The molecule has 134 valence electrons. The van der Waals surface area contributed by atoms with Crippen LogP contribution in [0.3, 0.4) is 0 Å². The zero-order valence-corrected chi connectivity index (χ0v) is 16.9. The summed E-state index contributed by atoms with van der Waals surface area (Å²) in [5.74, 6) is 0.533. The summed E-state index contributed by atoms with van der Waals surface area (Å²) in [7, 11) is 0. The number of thiophene rings is 1. The molecule has 0 aliphatic rings. The topological polar surface area (TPSA) is 54.9 Å². The fourth-order valence-electron chi connectivity index (χ4n) is 2.89. The Morgan fingerprint density at radius 2 is 1.92 bits per heavy atom. The number of nitrogens with zero attached hydrogens (tertiary/aromatic N) is 2. The van der Waals surface area contributed by atoms with E-state index in [-0.39, 0.29) is 11.9 Å². The Balaban J connectivity index is 1.90. The number of thioether (sulfide) groups is 1. The van der Waals surface area contributed by atoms with Crippen molar-refractivity contribution in [2.24, 2.45) is 0 Å². The molecule has 26 heavy (non-hydrogen) atoms. The van der Waals surface area contributed by atoms with Crippen LogP contribution in [0.25, 0.3) is 10.7 Å². The molecule has 1 amide bonds. The number of benzene rings is 1. The number of hydrogen-bond donors (Lipinski definition) is 1. The largest absolute Gasteiger partial charge is 0.345 e. The third-order valence-electron chi connectivity index (χ3n) is 4.22. The van der Waals surface area contributed by atoms with Crippen LogP contribution in [-0.2, 0) is 0 Å². The van der Waals surface area contributed by atoms with Crippen LogP contribution in [0.1, 0.15) is 40.1 Å². The van der Waals surface area contributed by atoms with Crippen LogP contribution in [-0.4, -0.2) is 22.1 Å². The standard InChI is InChI=1S/C20H21N3OS2/c1-12-8-5-6-9-15(12)13(2)22-19(24)17-14(3)21-18(23-20(17)25-4)16-10-7-11-26-16/h5-11,13H,1-4H3,(H,22,24). The van der Waals surface area contributed by atoms with Crippen molar-refractivity contribution in [2.75, 3.05) is 6.26 Å². The van der Waals surface area contributed by atoms with Crippen LogP contribution in [0, 0.1) is 13.8 Å². The van der Waals surface area contributed by atoms with Crippen LogP contribution in [0.2, 0.25) is 0 Å². The molecule has 0 radical (unpaired) electrons. The van der Waals surface area contributed by atoms with E-state index in [0.717, 1.165) is 16.0 Å². The molecule has 6 heteroatoms. The van der Waals surface area contributed by atoms with Crippen LogP contribution in [0.15, 0.2) is 46.8 Å². The van der Waals surface area contributed by atoms with Gasteiger partial charge in [-0.2, -0.15) is 0 Å². The molecule has 0 aliphatic heterocycles. The number of nitrogens with one attached hydrogen (secondary N) is 1. The third-order valence-corrected chi connectivity index (χ3v) is 5.77. The maximum absolute atomic E-state index is 12.9. The summed E-state index contributed by atoms with van der Waals surface area (Å²) in [6, 6.07) is 12.0. The minimum Gasteiger partial charge on any atom is -0.345 e. The molecule has 0 saturated carbocycles. The van der Waals surface area contributed by atoms with Crippen molar-refractivity contribution < 1.29 is 4.79 Å². The Bertz CT molecular complexity index is 923. The van der Waals surface area contributed by atoms with E-state index in [1.165, 1.54) is 11.8 Å². The molecule has 1 atom stereocenters. The molecule has 0 saturated heterocycles. The van der Waals surface area contributed by atoms with Gasteiger partial charge in [0, 0.05) is 0 Å². The lowest BCUT2D eigenvalue weighted by Crippen LogP contribution is -2.29. The molecule has 2 aromatic heterocycles. The van der Waals surface area contributed by atoms with Gasteiger partial charge in [0.2, 0.25) is 0 Å². The first kappa shape index (κ1) is 18.6. The zero-order valence-electron chi connectivity index (χ0n) is 15.2. The molecule has 0 aliphatic carbocycles. The normalized spacial score (nSPS) is 12.0. The van der Waals surface area contributed by atoms with Gasteiger partial charge in [0.05, 0.1) is 22.2 Å².